The van der Waals surface area contributed by atoms with Crippen LogP contribution in [0.25, 0.3) is 0 Å². The molecule has 0 bridgehead atoms. The van der Waals surface area contributed by atoms with Crippen molar-refractivity contribution >= 4 is 11.8 Å². The molecule has 1 aromatic carbocycles. The predicted octanol–water partition coefficient (Wildman–Crippen LogP) is 1.33. The van der Waals surface area contributed by atoms with Crippen LogP contribution in [-0.2, 0) is 4.79 Å². The molecular weight excluding hydrogens is 313 g/mol. The van der Waals surface area contributed by atoms with E-state index in [0.717, 1.165) is 31.7 Å². The van der Waals surface area contributed by atoms with Gasteiger partial charge in [0, 0.05) is 6.04 Å². The summed E-state index contributed by atoms with van der Waals surface area (Å²) in [4.78, 5) is 24.3. The average Bonchev–Trinajstić information content (AvgIpc) is 2.60. The Morgan fingerprint density at radius 1 is 1.25 bits per heavy atom. The molecule has 1 fully saturated rings. The lowest BCUT2D eigenvalue weighted by atomic mass is 9.84. The fourth-order valence-electron chi connectivity index (χ4n) is 3.13. The van der Waals surface area contributed by atoms with Gasteiger partial charge in [-0.2, -0.15) is 0 Å². The van der Waals surface area contributed by atoms with Crippen LogP contribution in [0.4, 0.5) is 4.39 Å². The highest BCUT2D eigenvalue weighted by atomic mass is 19.1. The molecule has 7 heteroatoms. The second-order valence-electron chi connectivity index (χ2n) is 6.34. The van der Waals surface area contributed by atoms with Crippen LogP contribution in [0.5, 0.6) is 0 Å². The molecule has 132 valence electrons. The van der Waals surface area contributed by atoms with Crippen LogP contribution < -0.4 is 11.6 Å². The molecule has 0 saturated heterocycles. The first kappa shape index (κ1) is 18.5. The maximum Gasteiger partial charge on any atom is 0.277 e. The zero-order valence-corrected chi connectivity index (χ0v) is 13.5. The van der Waals surface area contributed by atoms with Crippen molar-refractivity contribution in [2.75, 3.05) is 0 Å². The van der Waals surface area contributed by atoms with Crippen LogP contribution in [0.15, 0.2) is 24.3 Å². The van der Waals surface area contributed by atoms with Gasteiger partial charge in [0.2, 0.25) is 0 Å². The highest BCUT2D eigenvalue weighted by Gasteiger charge is 2.32. The molecule has 0 heterocycles. The zero-order valence-electron chi connectivity index (χ0n) is 13.5. The Hall–Kier alpha value is -1.83. The number of rotatable bonds is 5. The normalized spacial score (nSPS) is 18.0. The molecule has 1 aromatic rings. The molecule has 0 spiro atoms. The van der Waals surface area contributed by atoms with Crippen molar-refractivity contribution in [3.8, 4) is 0 Å². The van der Waals surface area contributed by atoms with E-state index in [0.29, 0.717) is 12.3 Å². The third kappa shape index (κ3) is 4.37. The number of amides is 2. The van der Waals surface area contributed by atoms with Gasteiger partial charge in [-0.25, -0.2) is 15.2 Å². The first-order valence-electron chi connectivity index (χ1n) is 8.23. The minimum atomic E-state index is -1.59. The van der Waals surface area contributed by atoms with Crippen molar-refractivity contribution in [1.29, 1.82) is 0 Å². The fraction of sp³-hybridized carbons (Fsp3) is 0.529. The molecule has 2 amide bonds. The first-order chi connectivity index (χ1) is 11.4. The number of hydrogen-bond donors (Lipinski definition) is 3. The molecular formula is C17H24FN3O3. The summed E-state index contributed by atoms with van der Waals surface area (Å²) in [5, 5.41) is 10.4. The molecule has 2 rings (SSSR count). The molecule has 5 N–H and O–H groups in total. The zero-order chi connectivity index (χ0) is 17.7. The van der Waals surface area contributed by atoms with E-state index in [1.807, 2.05) is 0 Å². The van der Waals surface area contributed by atoms with Gasteiger partial charge in [0.1, 0.15) is 11.9 Å². The van der Waals surface area contributed by atoms with Crippen molar-refractivity contribution in [3.05, 3.63) is 35.6 Å². The van der Waals surface area contributed by atoms with Gasteiger partial charge in [-0.05, 0) is 24.5 Å². The summed E-state index contributed by atoms with van der Waals surface area (Å²) in [5.41, 5.74) is 5.59. The summed E-state index contributed by atoms with van der Waals surface area (Å²) in [6, 6.07) is 4.39. The second-order valence-corrected chi connectivity index (χ2v) is 6.34. The van der Waals surface area contributed by atoms with Crippen molar-refractivity contribution in [1.82, 2.24) is 5.01 Å². The summed E-state index contributed by atoms with van der Waals surface area (Å²) in [6.45, 7) is 0. The first-order valence-corrected chi connectivity index (χ1v) is 8.23. The molecule has 6 nitrogen and oxygen atoms in total. The van der Waals surface area contributed by atoms with E-state index in [-0.39, 0.29) is 10.6 Å². The smallest absolute Gasteiger partial charge is 0.277 e. The van der Waals surface area contributed by atoms with E-state index in [1.54, 1.807) is 0 Å². The molecule has 0 aliphatic heterocycles. The molecule has 2 atom stereocenters. The van der Waals surface area contributed by atoms with Crippen molar-refractivity contribution in [2.45, 2.75) is 50.7 Å². The Morgan fingerprint density at radius 2 is 1.88 bits per heavy atom. The maximum atomic E-state index is 13.6. The van der Waals surface area contributed by atoms with Crippen LogP contribution in [0.1, 0.15) is 48.9 Å². The Labute approximate surface area is 140 Å². The number of nitrogens with two attached hydrogens (primary N) is 2. The van der Waals surface area contributed by atoms with E-state index in [9.17, 15) is 19.1 Å². The van der Waals surface area contributed by atoms with E-state index >= 15 is 0 Å². The highest BCUT2D eigenvalue weighted by Crippen LogP contribution is 2.27. The number of hydrazine groups is 1. The lowest BCUT2D eigenvalue weighted by molar-refractivity contribution is -0.139. The van der Waals surface area contributed by atoms with Gasteiger partial charge in [0.15, 0.2) is 0 Å². The van der Waals surface area contributed by atoms with Crippen LogP contribution in [0.2, 0.25) is 0 Å². The second kappa shape index (κ2) is 8.32. The minimum Gasteiger partial charge on any atom is -0.382 e. The van der Waals surface area contributed by atoms with Gasteiger partial charge in [0.25, 0.3) is 11.8 Å². The number of imide groups is 1. The van der Waals surface area contributed by atoms with E-state index in [1.165, 1.54) is 24.6 Å². The number of carbonyl (C=O) groups is 2. The number of carbonyl (C=O) groups excluding carboxylic acids is 2. The Balaban J connectivity index is 1.98. The lowest BCUT2D eigenvalue weighted by Crippen LogP contribution is -2.53. The van der Waals surface area contributed by atoms with Crippen molar-refractivity contribution in [2.24, 2.45) is 17.5 Å². The summed E-state index contributed by atoms with van der Waals surface area (Å²) in [5.74, 6) is 3.03. The molecule has 1 saturated carbocycles. The van der Waals surface area contributed by atoms with Crippen LogP contribution in [0.3, 0.4) is 0 Å². The summed E-state index contributed by atoms with van der Waals surface area (Å²) >= 11 is 0. The average molecular weight is 337 g/mol. The predicted molar refractivity (Wildman–Crippen MR) is 86.9 cm³/mol. The number of hydrogen-bond acceptors (Lipinski definition) is 5. The molecule has 1 unspecified atom stereocenters. The van der Waals surface area contributed by atoms with Crippen LogP contribution in [0, 0.1) is 11.7 Å². The van der Waals surface area contributed by atoms with Gasteiger partial charge in [0.05, 0.1) is 5.56 Å². The molecule has 1 aliphatic rings. The topological polar surface area (TPSA) is 110 Å². The fourth-order valence-corrected chi connectivity index (χ4v) is 3.13. The number of aliphatic hydroxyl groups is 1. The maximum absolute atomic E-state index is 13.6. The summed E-state index contributed by atoms with van der Waals surface area (Å²) in [6.07, 6.45) is 4.39. The Kier molecular flexibility index (Phi) is 6.42. The van der Waals surface area contributed by atoms with E-state index in [2.05, 4.69) is 0 Å². The number of nitrogens with zero attached hydrogens (tertiary/aromatic N) is 1. The Bertz CT molecular complexity index is 590. The van der Waals surface area contributed by atoms with Gasteiger partial charge in [-0.15, -0.1) is 0 Å². The summed E-state index contributed by atoms with van der Waals surface area (Å²) in [7, 11) is 0. The third-order valence-corrected chi connectivity index (χ3v) is 4.55. The monoisotopic (exact) mass is 337 g/mol. The number of halogens is 1. The quantitative estimate of drug-likeness (QED) is 0.426. The Morgan fingerprint density at radius 3 is 2.50 bits per heavy atom. The number of benzene rings is 1. The highest BCUT2D eigenvalue weighted by molar-refractivity contribution is 6.05. The standard InChI is InChI=1S/C17H24FN3O3/c18-13-9-5-4-8-12(13)16(23)21(20)17(24)15(22)14(19)10-11-6-2-1-3-7-11/h4-5,8-9,11,14-15,22H,1-3,6-7,10,19-20H2/t14-,15?/m1/s1. The van der Waals surface area contributed by atoms with E-state index in [4.69, 9.17) is 11.6 Å². The summed E-state index contributed by atoms with van der Waals surface area (Å²) < 4.78 is 13.6. The van der Waals surface area contributed by atoms with Crippen LogP contribution >= 0.6 is 0 Å². The largest absolute Gasteiger partial charge is 0.382 e. The van der Waals surface area contributed by atoms with Gasteiger partial charge < -0.3 is 10.8 Å². The minimum absolute atomic E-state index is 0.240. The number of aliphatic hydroxyl groups excluding tert-OH is 1. The lowest BCUT2D eigenvalue weighted by Gasteiger charge is -2.28. The molecule has 0 radical (unpaired) electrons. The third-order valence-electron chi connectivity index (χ3n) is 4.55. The van der Waals surface area contributed by atoms with Crippen LogP contribution in [-0.4, -0.2) is 34.1 Å². The van der Waals surface area contributed by atoms with Crippen molar-refractivity contribution < 1.29 is 19.1 Å². The van der Waals surface area contributed by atoms with Gasteiger partial charge in [-0.1, -0.05) is 44.2 Å². The molecule has 0 aromatic heterocycles. The molecule has 1 aliphatic carbocycles. The molecule has 24 heavy (non-hydrogen) atoms. The SMILES string of the molecule is N[C@H](CC1CCCCC1)C(O)C(=O)N(N)C(=O)c1ccccc1F. The van der Waals surface area contributed by atoms with Crippen molar-refractivity contribution in [3.63, 3.8) is 0 Å². The van der Waals surface area contributed by atoms with Gasteiger partial charge >= 0.3 is 0 Å². The van der Waals surface area contributed by atoms with E-state index < -0.39 is 29.8 Å². The van der Waals surface area contributed by atoms with Gasteiger partial charge in [-0.3, -0.25) is 9.59 Å².